The summed E-state index contributed by atoms with van der Waals surface area (Å²) in [4.78, 5) is 28.8. The average molecular weight is 299 g/mol. The Morgan fingerprint density at radius 3 is 2.35 bits per heavy atom. The molecule has 2 N–H and O–H groups in total. The van der Waals surface area contributed by atoms with E-state index >= 15 is 0 Å². The van der Waals surface area contributed by atoms with E-state index in [9.17, 15) is 9.59 Å². The molecule has 0 aromatic heterocycles. The van der Waals surface area contributed by atoms with Gasteiger partial charge in [0.25, 0.3) is 11.8 Å². The van der Waals surface area contributed by atoms with Gasteiger partial charge in [-0.3, -0.25) is 14.4 Å². The minimum absolute atomic E-state index is 0.0632. The Morgan fingerprint density at radius 2 is 1.85 bits per heavy atom. The number of halogens is 1. The zero-order chi connectivity index (χ0) is 15.1. The predicted octanol–water partition coefficient (Wildman–Crippen LogP) is 2.16. The Balaban J connectivity index is 2.72. The highest BCUT2D eigenvalue weighted by Crippen LogP contribution is 2.10. The van der Waals surface area contributed by atoms with Crippen LogP contribution in [0.1, 0.15) is 31.1 Å². The molecule has 0 aliphatic rings. The molecule has 1 aromatic rings. The van der Waals surface area contributed by atoms with Gasteiger partial charge in [0.2, 0.25) is 0 Å². The number of carbonyl (C=O) groups is 2. The normalized spacial score (nSPS) is 12.1. The van der Waals surface area contributed by atoms with Crippen molar-refractivity contribution in [2.24, 2.45) is 5.92 Å². The number of benzene rings is 1. The number of hydrogen-bond donors (Lipinski definition) is 2. The molecule has 1 atom stereocenters. The first-order valence-electron chi connectivity index (χ1n) is 6.43. The molecule has 0 heterocycles. The van der Waals surface area contributed by atoms with Gasteiger partial charge in [0.1, 0.15) is 6.04 Å². The van der Waals surface area contributed by atoms with Crippen molar-refractivity contribution >= 4 is 23.4 Å². The number of rotatable bonds is 6. The smallest absolute Gasteiger partial charge is 0.266 e. The third kappa shape index (κ3) is 4.83. The van der Waals surface area contributed by atoms with Crippen LogP contribution in [0.25, 0.3) is 0 Å². The van der Waals surface area contributed by atoms with E-state index in [1.54, 1.807) is 31.2 Å². The molecule has 1 aromatic carbocycles. The van der Waals surface area contributed by atoms with Crippen LogP contribution in [0.5, 0.6) is 0 Å². The fraction of sp³-hybridized carbons (Fsp3) is 0.429. The Hall–Kier alpha value is -1.59. The predicted molar refractivity (Wildman–Crippen MR) is 77.3 cm³/mol. The van der Waals surface area contributed by atoms with Crippen LogP contribution in [0.15, 0.2) is 24.3 Å². The molecule has 0 saturated heterocycles. The lowest BCUT2D eigenvalue weighted by Gasteiger charge is -2.21. The van der Waals surface area contributed by atoms with Crippen molar-refractivity contribution in [1.29, 1.82) is 0 Å². The van der Waals surface area contributed by atoms with Crippen molar-refractivity contribution in [3.63, 3.8) is 0 Å². The highest BCUT2D eigenvalue weighted by Gasteiger charge is 2.24. The third-order valence-electron chi connectivity index (χ3n) is 2.66. The number of hydrogen-bond acceptors (Lipinski definition) is 3. The summed E-state index contributed by atoms with van der Waals surface area (Å²) in [5.74, 6) is -0.761. The first-order chi connectivity index (χ1) is 9.45. The second kappa shape index (κ2) is 7.87. The van der Waals surface area contributed by atoms with Gasteiger partial charge in [-0.15, -0.1) is 0 Å². The summed E-state index contributed by atoms with van der Waals surface area (Å²) >= 11 is 5.77. The highest BCUT2D eigenvalue weighted by atomic mass is 35.5. The summed E-state index contributed by atoms with van der Waals surface area (Å²) in [6.07, 6.45) is 0. The standard InChI is InChI=1S/C14H19ClN2O3/c1-4-20-17-14(19)12(9(2)3)16-13(18)10-5-7-11(15)8-6-10/h5-9,12H,4H2,1-3H3,(H,16,18)(H,17,19)/t12-/m1/s1. The SMILES string of the molecule is CCONC(=O)[C@H](NC(=O)c1ccc(Cl)cc1)C(C)C. The molecule has 0 unspecified atom stereocenters. The molecule has 20 heavy (non-hydrogen) atoms. The van der Waals surface area contributed by atoms with Crippen molar-refractivity contribution in [2.75, 3.05) is 6.61 Å². The van der Waals surface area contributed by atoms with Crippen molar-refractivity contribution in [3.8, 4) is 0 Å². The summed E-state index contributed by atoms with van der Waals surface area (Å²) in [5, 5.41) is 3.24. The van der Waals surface area contributed by atoms with Gasteiger partial charge in [0, 0.05) is 10.6 Å². The maximum atomic E-state index is 12.1. The maximum Gasteiger partial charge on any atom is 0.266 e. The lowest BCUT2D eigenvalue weighted by molar-refractivity contribution is -0.136. The molecule has 6 heteroatoms. The number of hydroxylamine groups is 1. The van der Waals surface area contributed by atoms with Crippen LogP contribution in [-0.2, 0) is 9.63 Å². The van der Waals surface area contributed by atoms with Gasteiger partial charge in [-0.1, -0.05) is 25.4 Å². The van der Waals surface area contributed by atoms with Gasteiger partial charge in [0.15, 0.2) is 0 Å². The van der Waals surface area contributed by atoms with Crippen LogP contribution < -0.4 is 10.8 Å². The summed E-state index contributed by atoms with van der Waals surface area (Å²) in [5.41, 5.74) is 2.75. The Labute approximate surface area is 123 Å². The number of carbonyl (C=O) groups excluding carboxylic acids is 2. The molecule has 0 saturated carbocycles. The van der Waals surface area contributed by atoms with Gasteiger partial charge < -0.3 is 5.32 Å². The molecule has 0 fully saturated rings. The third-order valence-corrected chi connectivity index (χ3v) is 2.91. The van der Waals surface area contributed by atoms with Gasteiger partial charge in [-0.25, -0.2) is 5.48 Å². The first-order valence-corrected chi connectivity index (χ1v) is 6.81. The summed E-state index contributed by atoms with van der Waals surface area (Å²) in [6.45, 7) is 5.81. The van der Waals surface area contributed by atoms with E-state index in [-0.39, 0.29) is 17.7 Å². The van der Waals surface area contributed by atoms with E-state index in [4.69, 9.17) is 16.4 Å². The fourth-order valence-electron chi connectivity index (χ4n) is 1.57. The Morgan fingerprint density at radius 1 is 1.25 bits per heavy atom. The van der Waals surface area contributed by atoms with E-state index in [2.05, 4.69) is 10.8 Å². The molecule has 5 nitrogen and oxygen atoms in total. The van der Waals surface area contributed by atoms with Crippen molar-refractivity contribution < 1.29 is 14.4 Å². The van der Waals surface area contributed by atoms with E-state index in [0.29, 0.717) is 17.2 Å². The zero-order valence-electron chi connectivity index (χ0n) is 11.8. The fourth-order valence-corrected chi connectivity index (χ4v) is 1.69. The van der Waals surface area contributed by atoms with Crippen LogP contribution >= 0.6 is 11.6 Å². The van der Waals surface area contributed by atoms with Crippen LogP contribution in [0.2, 0.25) is 5.02 Å². The molecule has 2 amide bonds. The van der Waals surface area contributed by atoms with Gasteiger partial charge in [-0.2, -0.15) is 0 Å². The molecule has 0 radical (unpaired) electrons. The Bertz CT molecular complexity index is 460. The van der Waals surface area contributed by atoms with E-state index < -0.39 is 6.04 Å². The van der Waals surface area contributed by atoms with Crippen LogP contribution in [0.4, 0.5) is 0 Å². The van der Waals surface area contributed by atoms with Crippen LogP contribution in [0.3, 0.4) is 0 Å². The minimum atomic E-state index is -0.662. The largest absolute Gasteiger partial charge is 0.340 e. The average Bonchev–Trinajstić information content (AvgIpc) is 2.42. The van der Waals surface area contributed by atoms with Crippen molar-refractivity contribution in [3.05, 3.63) is 34.9 Å². The molecular formula is C14H19ClN2O3. The number of amides is 2. The van der Waals surface area contributed by atoms with E-state index in [0.717, 1.165) is 0 Å². The molecular weight excluding hydrogens is 280 g/mol. The highest BCUT2D eigenvalue weighted by molar-refractivity contribution is 6.30. The van der Waals surface area contributed by atoms with Crippen molar-refractivity contribution in [2.45, 2.75) is 26.8 Å². The van der Waals surface area contributed by atoms with Crippen LogP contribution in [0, 0.1) is 5.92 Å². The summed E-state index contributed by atoms with van der Waals surface area (Å²) in [7, 11) is 0. The van der Waals surface area contributed by atoms with Gasteiger partial charge in [-0.05, 0) is 37.1 Å². The molecule has 0 aliphatic carbocycles. The number of nitrogens with one attached hydrogen (secondary N) is 2. The van der Waals surface area contributed by atoms with E-state index in [1.807, 2.05) is 13.8 Å². The minimum Gasteiger partial charge on any atom is -0.340 e. The quantitative estimate of drug-likeness (QED) is 0.791. The first kappa shape index (κ1) is 16.5. The zero-order valence-corrected chi connectivity index (χ0v) is 12.5. The topological polar surface area (TPSA) is 67.4 Å². The molecule has 1 rings (SSSR count). The maximum absolute atomic E-state index is 12.1. The molecule has 0 spiro atoms. The van der Waals surface area contributed by atoms with Gasteiger partial charge >= 0.3 is 0 Å². The molecule has 110 valence electrons. The second-order valence-corrected chi connectivity index (χ2v) is 5.04. The molecule has 0 bridgehead atoms. The second-order valence-electron chi connectivity index (χ2n) is 4.60. The molecule has 0 aliphatic heterocycles. The monoisotopic (exact) mass is 298 g/mol. The van der Waals surface area contributed by atoms with Crippen molar-refractivity contribution in [1.82, 2.24) is 10.8 Å². The Kier molecular flexibility index (Phi) is 6.48. The van der Waals surface area contributed by atoms with Gasteiger partial charge in [0.05, 0.1) is 6.61 Å². The van der Waals surface area contributed by atoms with E-state index in [1.165, 1.54) is 0 Å². The van der Waals surface area contributed by atoms with Crippen LogP contribution in [-0.4, -0.2) is 24.5 Å². The summed E-state index contributed by atoms with van der Waals surface area (Å²) < 4.78 is 0. The lowest BCUT2D eigenvalue weighted by atomic mass is 10.0. The lowest BCUT2D eigenvalue weighted by Crippen LogP contribution is -2.49. The summed E-state index contributed by atoms with van der Waals surface area (Å²) in [6, 6.07) is 5.80.